The molecule has 2 aromatic rings. The van der Waals surface area contributed by atoms with Crippen molar-refractivity contribution in [2.75, 3.05) is 5.32 Å². The van der Waals surface area contributed by atoms with E-state index >= 15 is 0 Å². The number of benzene rings is 2. The Hall–Kier alpha value is -1.80. The Kier molecular flexibility index (Phi) is 3.26. The minimum atomic E-state index is 0.0574. The first kappa shape index (κ1) is 12.2. The van der Waals surface area contributed by atoms with E-state index in [4.69, 9.17) is 11.6 Å². The Bertz CT molecular complexity index is 609. The van der Waals surface area contributed by atoms with Crippen molar-refractivity contribution in [1.29, 1.82) is 0 Å². The van der Waals surface area contributed by atoms with E-state index in [0.717, 1.165) is 17.7 Å². The summed E-state index contributed by atoms with van der Waals surface area (Å²) in [6, 6.07) is 16.0. The van der Waals surface area contributed by atoms with Crippen molar-refractivity contribution < 1.29 is 4.79 Å². The van der Waals surface area contributed by atoms with Gasteiger partial charge < -0.3 is 5.32 Å². The molecule has 1 aliphatic heterocycles. The number of hydrogen-bond acceptors (Lipinski definition) is 1. The van der Waals surface area contributed by atoms with Crippen LogP contribution in [-0.4, -0.2) is 5.91 Å². The number of amides is 1. The number of nitrogens with one attached hydrogen (secondary N) is 1. The van der Waals surface area contributed by atoms with E-state index in [0.29, 0.717) is 11.4 Å². The fraction of sp³-hybridized carbons (Fsp3) is 0.188. The zero-order valence-corrected chi connectivity index (χ0v) is 11.2. The SMILES string of the molecule is O=C1CCC(c2ccccc2)c2ccc(Cl)cc2N1. The molecule has 1 N–H and O–H groups in total. The van der Waals surface area contributed by atoms with Crippen LogP contribution in [0.5, 0.6) is 0 Å². The van der Waals surface area contributed by atoms with Crippen LogP contribution in [0, 0.1) is 0 Å². The minimum Gasteiger partial charge on any atom is -0.326 e. The Morgan fingerprint density at radius 1 is 1.11 bits per heavy atom. The van der Waals surface area contributed by atoms with Crippen LogP contribution in [0.4, 0.5) is 5.69 Å². The Morgan fingerprint density at radius 3 is 2.68 bits per heavy atom. The van der Waals surface area contributed by atoms with Crippen molar-refractivity contribution in [1.82, 2.24) is 0 Å². The third-order valence-electron chi connectivity index (χ3n) is 3.53. The maximum atomic E-state index is 11.8. The predicted molar refractivity (Wildman–Crippen MR) is 77.6 cm³/mol. The molecule has 0 saturated carbocycles. The maximum Gasteiger partial charge on any atom is 0.224 e. The van der Waals surface area contributed by atoms with Gasteiger partial charge in [-0.1, -0.05) is 48.0 Å². The van der Waals surface area contributed by atoms with Gasteiger partial charge in [-0.25, -0.2) is 0 Å². The molecule has 1 aliphatic rings. The van der Waals surface area contributed by atoms with Gasteiger partial charge >= 0.3 is 0 Å². The van der Waals surface area contributed by atoms with Crippen LogP contribution in [0.15, 0.2) is 48.5 Å². The predicted octanol–water partition coefficient (Wildman–Crippen LogP) is 4.20. The smallest absolute Gasteiger partial charge is 0.224 e. The third kappa shape index (κ3) is 2.49. The molecule has 0 spiro atoms. The maximum absolute atomic E-state index is 11.8. The van der Waals surface area contributed by atoms with Gasteiger partial charge in [0.15, 0.2) is 0 Å². The van der Waals surface area contributed by atoms with E-state index < -0.39 is 0 Å². The number of carbonyl (C=O) groups is 1. The second kappa shape index (κ2) is 5.06. The van der Waals surface area contributed by atoms with Crippen molar-refractivity contribution >= 4 is 23.2 Å². The molecule has 0 bridgehead atoms. The summed E-state index contributed by atoms with van der Waals surface area (Å²) < 4.78 is 0. The van der Waals surface area contributed by atoms with Crippen molar-refractivity contribution in [2.24, 2.45) is 0 Å². The van der Waals surface area contributed by atoms with Gasteiger partial charge in [-0.3, -0.25) is 4.79 Å². The molecule has 1 atom stereocenters. The van der Waals surface area contributed by atoms with Crippen molar-refractivity contribution in [3.8, 4) is 0 Å². The standard InChI is InChI=1S/C16H14ClNO/c17-12-6-7-14-13(11-4-2-1-3-5-11)8-9-16(19)18-15(14)10-12/h1-7,10,13H,8-9H2,(H,18,19). The molecule has 0 fully saturated rings. The summed E-state index contributed by atoms with van der Waals surface area (Å²) >= 11 is 6.02. The third-order valence-corrected chi connectivity index (χ3v) is 3.76. The van der Waals surface area contributed by atoms with Gasteiger partial charge in [-0.2, -0.15) is 0 Å². The highest BCUT2D eigenvalue weighted by molar-refractivity contribution is 6.31. The molecule has 0 saturated heterocycles. The van der Waals surface area contributed by atoms with Gasteiger partial charge in [-0.15, -0.1) is 0 Å². The molecule has 1 heterocycles. The van der Waals surface area contributed by atoms with E-state index in [2.05, 4.69) is 17.4 Å². The first-order valence-electron chi connectivity index (χ1n) is 6.38. The average Bonchev–Trinajstić information content (AvgIpc) is 2.57. The summed E-state index contributed by atoms with van der Waals surface area (Å²) in [5.41, 5.74) is 3.22. The molecule has 0 radical (unpaired) electrons. The van der Waals surface area contributed by atoms with Crippen molar-refractivity contribution in [2.45, 2.75) is 18.8 Å². The average molecular weight is 272 g/mol. The van der Waals surface area contributed by atoms with Crippen LogP contribution < -0.4 is 5.32 Å². The molecule has 1 amide bonds. The number of anilines is 1. The summed E-state index contributed by atoms with van der Waals surface area (Å²) in [7, 11) is 0. The highest BCUT2D eigenvalue weighted by Crippen LogP contribution is 2.37. The highest BCUT2D eigenvalue weighted by Gasteiger charge is 2.23. The Labute approximate surface area is 117 Å². The molecule has 3 heteroatoms. The van der Waals surface area contributed by atoms with Crippen molar-refractivity contribution in [3.63, 3.8) is 0 Å². The van der Waals surface area contributed by atoms with Gasteiger partial charge in [0.1, 0.15) is 0 Å². The van der Waals surface area contributed by atoms with E-state index in [1.807, 2.05) is 36.4 Å². The molecule has 3 rings (SSSR count). The fourth-order valence-corrected chi connectivity index (χ4v) is 2.79. The largest absolute Gasteiger partial charge is 0.326 e. The monoisotopic (exact) mass is 271 g/mol. The first-order valence-corrected chi connectivity index (χ1v) is 6.76. The molecule has 19 heavy (non-hydrogen) atoms. The Morgan fingerprint density at radius 2 is 1.89 bits per heavy atom. The van der Waals surface area contributed by atoms with E-state index in [1.54, 1.807) is 0 Å². The molecule has 0 aliphatic carbocycles. The second-order valence-electron chi connectivity index (χ2n) is 4.78. The van der Waals surface area contributed by atoms with Gasteiger partial charge in [0.05, 0.1) is 0 Å². The number of halogens is 1. The number of fused-ring (bicyclic) bond motifs is 1. The van der Waals surface area contributed by atoms with Crippen LogP contribution >= 0.6 is 11.6 Å². The normalized spacial score (nSPS) is 18.4. The zero-order valence-electron chi connectivity index (χ0n) is 10.4. The van der Waals surface area contributed by atoms with Gasteiger partial charge in [0.2, 0.25) is 5.91 Å². The van der Waals surface area contributed by atoms with Crippen LogP contribution in [-0.2, 0) is 4.79 Å². The molecule has 2 aromatic carbocycles. The lowest BCUT2D eigenvalue weighted by atomic mass is 9.87. The second-order valence-corrected chi connectivity index (χ2v) is 5.22. The molecule has 1 unspecified atom stereocenters. The van der Waals surface area contributed by atoms with Crippen LogP contribution in [0.1, 0.15) is 29.9 Å². The summed E-state index contributed by atoms with van der Waals surface area (Å²) in [6.07, 6.45) is 1.36. The molecule has 2 nitrogen and oxygen atoms in total. The zero-order chi connectivity index (χ0) is 13.2. The quantitative estimate of drug-likeness (QED) is 0.827. The van der Waals surface area contributed by atoms with Gasteiger partial charge in [-0.05, 0) is 29.7 Å². The van der Waals surface area contributed by atoms with Crippen LogP contribution in [0.25, 0.3) is 0 Å². The lowest BCUT2D eigenvalue weighted by molar-refractivity contribution is -0.116. The molecule has 96 valence electrons. The van der Waals surface area contributed by atoms with E-state index in [1.165, 1.54) is 5.56 Å². The minimum absolute atomic E-state index is 0.0574. The van der Waals surface area contributed by atoms with Crippen molar-refractivity contribution in [3.05, 3.63) is 64.7 Å². The highest BCUT2D eigenvalue weighted by atomic mass is 35.5. The van der Waals surface area contributed by atoms with E-state index in [-0.39, 0.29) is 11.8 Å². The Balaban J connectivity index is 2.10. The summed E-state index contributed by atoms with van der Waals surface area (Å²) in [5.74, 6) is 0.300. The van der Waals surface area contributed by atoms with Crippen LogP contribution in [0.3, 0.4) is 0 Å². The number of rotatable bonds is 1. The number of hydrogen-bond donors (Lipinski definition) is 1. The number of carbonyl (C=O) groups excluding carboxylic acids is 1. The van der Waals surface area contributed by atoms with Gasteiger partial charge in [0.25, 0.3) is 0 Å². The molecular weight excluding hydrogens is 258 g/mol. The lowest BCUT2D eigenvalue weighted by Gasteiger charge is -2.17. The summed E-state index contributed by atoms with van der Waals surface area (Å²) in [5, 5.41) is 3.59. The molecular formula is C16H14ClNO. The lowest BCUT2D eigenvalue weighted by Crippen LogP contribution is -2.08. The topological polar surface area (TPSA) is 29.1 Å². The fourth-order valence-electron chi connectivity index (χ4n) is 2.62. The van der Waals surface area contributed by atoms with Crippen LogP contribution in [0.2, 0.25) is 5.02 Å². The summed E-state index contributed by atoms with van der Waals surface area (Å²) in [6.45, 7) is 0. The van der Waals surface area contributed by atoms with Gasteiger partial charge in [0, 0.05) is 23.0 Å². The summed E-state index contributed by atoms with van der Waals surface area (Å²) in [4.78, 5) is 11.8. The van der Waals surface area contributed by atoms with E-state index in [9.17, 15) is 4.79 Å². The first-order chi connectivity index (χ1) is 9.24. The molecule has 0 aromatic heterocycles.